The van der Waals surface area contributed by atoms with Gasteiger partial charge in [-0.1, -0.05) is 6.07 Å². The second-order valence-corrected chi connectivity index (χ2v) is 4.10. The summed E-state index contributed by atoms with van der Waals surface area (Å²) < 4.78 is 18.5. The van der Waals surface area contributed by atoms with Gasteiger partial charge in [-0.25, -0.2) is 4.39 Å². The lowest BCUT2D eigenvalue weighted by atomic mass is 10.1. The Kier molecular flexibility index (Phi) is 3.90. The van der Waals surface area contributed by atoms with E-state index in [1.165, 1.54) is 12.1 Å². The van der Waals surface area contributed by atoms with Gasteiger partial charge in [-0.3, -0.25) is 4.79 Å². The van der Waals surface area contributed by atoms with Crippen LogP contribution >= 0.6 is 0 Å². The van der Waals surface area contributed by atoms with Gasteiger partial charge >= 0.3 is 0 Å². The van der Waals surface area contributed by atoms with Crippen LogP contribution in [0, 0.1) is 17.1 Å². The first kappa shape index (κ1) is 12.5. The first-order valence-electron chi connectivity index (χ1n) is 5.75. The van der Waals surface area contributed by atoms with Gasteiger partial charge in [0.05, 0.1) is 25.2 Å². The number of morpholine rings is 1. The van der Waals surface area contributed by atoms with E-state index in [1.54, 1.807) is 17.0 Å². The molecular formula is C13H13FN2O2. The van der Waals surface area contributed by atoms with Gasteiger partial charge in [0.1, 0.15) is 11.9 Å². The van der Waals surface area contributed by atoms with Crippen molar-refractivity contribution < 1.29 is 13.9 Å². The molecule has 0 spiro atoms. The maximum absolute atomic E-state index is 13.4. The molecule has 2 rings (SSSR count). The minimum atomic E-state index is -0.579. The van der Waals surface area contributed by atoms with E-state index >= 15 is 0 Å². The molecule has 1 fully saturated rings. The molecule has 1 heterocycles. The fourth-order valence-electron chi connectivity index (χ4n) is 1.86. The Morgan fingerprint density at radius 3 is 2.78 bits per heavy atom. The molecule has 0 aromatic heterocycles. The molecule has 5 heteroatoms. The second kappa shape index (κ2) is 5.61. The van der Waals surface area contributed by atoms with Crippen molar-refractivity contribution in [3.63, 3.8) is 0 Å². The minimum Gasteiger partial charge on any atom is -0.378 e. The topological polar surface area (TPSA) is 53.3 Å². The van der Waals surface area contributed by atoms with E-state index in [-0.39, 0.29) is 17.9 Å². The summed E-state index contributed by atoms with van der Waals surface area (Å²) in [7, 11) is 0. The van der Waals surface area contributed by atoms with Crippen molar-refractivity contribution in [1.82, 2.24) is 4.90 Å². The Balaban J connectivity index is 2.02. The van der Waals surface area contributed by atoms with Crippen LogP contribution in [0.5, 0.6) is 0 Å². The predicted molar refractivity (Wildman–Crippen MR) is 62.2 cm³/mol. The Hall–Kier alpha value is -1.93. The zero-order valence-electron chi connectivity index (χ0n) is 9.86. The number of hydrogen-bond donors (Lipinski definition) is 0. The summed E-state index contributed by atoms with van der Waals surface area (Å²) in [5, 5.41) is 8.62. The molecule has 0 aliphatic carbocycles. The Labute approximate surface area is 105 Å². The number of carbonyl (C=O) groups is 1. The van der Waals surface area contributed by atoms with Crippen LogP contribution in [-0.4, -0.2) is 37.1 Å². The van der Waals surface area contributed by atoms with Gasteiger partial charge < -0.3 is 9.64 Å². The van der Waals surface area contributed by atoms with Gasteiger partial charge in [-0.2, -0.15) is 5.26 Å². The third-order valence-corrected chi connectivity index (χ3v) is 2.87. The Morgan fingerprint density at radius 1 is 1.44 bits per heavy atom. The molecular weight excluding hydrogens is 235 g/mol. The van der Waals surface area contributed by atoms with E-state index in [9.17, 15) is 9.18 Å². The summed E-state index contributed by atoms with van der Waals surface area (Å²) in [5.74, 6) is -0.618. The highest BCUT2D eigenvalue weighted by Gasteiger charge is 2.17. The lowest BCUT2D eigenvalue weighted by Gasteiger charge is -2.26. The van der Waals surface area contributed by atoms with Crippen molar-refractivity contribution in [3.05, 3.63) is 35.1 Å². The summed E-state index contributed by atoms with van der Waals surface area (Å²) in [5.41, 5.74) is 0.584. The average Bonchev–Trinajstić information content (AvgIpc) is 2.40. The summed E-state index contributed by atoms with van der Waals surface area (Å²) in [6, 6.07) is 6.01. The van der Waals surface area contributed by atoms with Crippen molar-refractivity contribution in [2.24, 2.45) is 0 Å². The number of carbonyl (C=O) groups excluding carboxylic acids is 1. The molecule has 1 amide bonds. The molecule has 94 valence electrons. The van der Waals surface area contributed by atoms with Crippen LogP contribution in [0.3, 0.4) is 0 Å². The normalized spacial score (nSPS) is 15.2. The van der Waals surface area contributed by atoms with E-state index in [0.717, 1.165) is 0 Å². The highest BCUT2D eigenvalue weighted by atomic mass is 19.1. The molecule has 0 unspecified atom stereocenters. The molecule has 1 aromatic rings. The molecule has 0 radical (unpaired) electrons. The molecule has 1 aromatic carbocycles. The molecule has 1 aliphatic rings. The number of halogens is 1. The monoisotopic (exact) mass is 248 g/mol. The predicted octanol–water partition coefficient (Wildman–Crippen LogP) is 1.10. The zero-order valence-corrected chi connectivity index (χ0v) is 9.86. The maximum atomic E-state index is 13.4. The lowest BCUT2D eigenvalue weighted by molar-refractivity contribution is -0.134. The number of ether oxygens (including phenoxy) is 1. The third kappa shape index (κ3) is 2.84. The van der Waals surface area contributed by atoms with Gasteiger partial charge in [0, 0.05) is 13.1 Å². The SMILES string of the molecule is N#Cc1ccc(CC(=O)N2CCOCC2)cc1F. The summed E-state index contributed by atoms with van der Waals surface area (Å²) in [6.45, 7) is 2.26. The molecule has 4 nitrogen and oxygen atoms in total. The van der Waals surface area contributed by atoms with Gasteiger partial charge in [0.15, 0.2) is 0 Å². The average molecular weight is 248 g/mol. The third-order valence-electron chi connectivity index (χ3n) is 2.87. The second-order valence-electron chi connectivity index (χ2n) is 4.10. The molecule has 0 atom stereocenters. The molecule has 0 N–H and O–H groups in total. The highest BCUT2D eigenvalue weighted by molar-refractivity contribution is 5.78. The smallest absolute Gasteiger partial charge is 0.227 e. The van der Waals surface area contributed by atoms with Crippen LogP contribution in [0.15, 0.2) is 18.2 Å². The number of nitriles is 1. The number of rotatable bonds is 2. The first-order valence-corrected chi connectivity index (χ1v) is 5.75. The number of amides is 1. The van der Waals surface area contributed by atoms with Gasteiger partial charge in [-0.15, -0.1) is 0 Å². The Morgan fingerprint density at radius 2 is 2.17 bits per heavy atom. The zero-order chi connectivity index (χ0) is 13.0. The maximum Gasteiger partial charge on any atom is 0.227 e. The number of benzene rings is 1. The molecule has 0 saturated carbocycles. The lowest BCUT2D eigenvalue weighted by Crippen LogP contribution is -2.41. The van der Waals surface area contributed by atoms with Crippen molar-refractivity contribution in [3.8, 4) is 6.07 Å². The number of hydrogen-bond acceptors (Lipinski definition) is 3. The van der Waals surface area contributed by atoms with Crippen LogP contribution in [0.2, 0.25) is 0 Å². The van der Waals surface area contributed by atoms with Crippen molar-refractivity contribution >= 4 is 5.91 Å². The van der Waals surface area contributed by atoms with Gasteiger partial charge in [0.25, 0.3) is 0 Å². The molecule has 1 aliphatic heterocycles. The van der Waals surface area contributed by atoms with E-state index in [1.807, 2.05) is 0 Å². The largest absolute Gasteiger partial charge is 0.378 e. The fraction of sp³-hybridized carbons (Fsp3) is 0.385. The van der Waals surface area contributed by atoms with Crippen molar-refractivity contribution in [2.75, 3.05) is 26.3 Å². The van der Waals surface area contributed by atoms with Gasteiger partial charge in [0.2, 0.25) is 5.91 Å². The van der Waals surface area contributed by atoms with Gasteiger partial charge in [-0.05, 0) is 17.7 Å². The van der Waals surface area contributed by atoms with Crippen LogP contribution in [0.4, 0.5) is 4.39 Å². The highest BCUT2D eigenvalue weighted by Crippen LogP contribution is 2.11. The first-order chi connectivity index (χ1) is 8.70. The summed E-state index contributed by atoms with van der Waals surface area (Å²) >= 11 is 0. The van der Waals surface area contributed by atoms with Crippen molar-refractivity contribution in [2.45, 2.75) is 6.42 Å². The van der Waals surface area contributed by atoms with Crippen LogP contribution in [-0.2, 0) is 16.0 Å². The van der Waals surface area contributed by atoms with E-state index in [4.69, 9.17) is 10.00 Å². The molecule has 18 heavy (non-hydrogen) atoms. The molecule has 0 bridgehead atoms. The van der Waals surface area contributed by atoms with E-state index < -0.39 is 5.82 Å². The van der Waals surface area contributed by atoms with Crippen LogP contribution < -0.4 is 0 Å². The minimum absolute atomic E-state index is 0.00225. The van der Waals surface area contributed by atoms with E-state index in [2.05, 4.69) is 0 Å². The summed E-state index contributed by atoms with van der Waals surface area (Å²) in [6.07, 6.45) is 0.155. The van der Waals surface area contributed by atoms with Crippen LogP contribution in [0.25, 0.3) is 0 Å². The fourth-order valence-corrected chi connectivity index (χ4v) is 1.86. The van der Waals surface area contributed by atoms with Crippen molar-refractivity contribution in [1.29, 1.82) is 5.26 Å². The Bertz CT molecular complexity index is 490. The summed E-state index contributed by atoms with van der Waals surface area (Å²) in [4.78, 5) is 13.6. The molecule has 1 saturated heterocycles. The standard InChI is InChI=1S/C13H13FN2O2/c14-12-7-10(1-2-11(12)9-15)8-13(17)16-3-5-18-6-4-16/h1-2,7H,3-6,8H2. The number of nitrogens with zero attached hydrogens (tertiary/aromatic N) is 2. The van der Waals surface area contributed by atoms with E-state index in [0.29, 0.717) is 31.9 Å². The van der Waals surface area contributed by atoms with Crippen LogP contribution in [0.1, 0.15) is 11.1 Å². The quantitative estimate of drug-likeness (QED) is 0.787.